The van der Waals surface area contributed by atoms with Gasteiger partial charge in [0.2, 0.25) is 0 Å². The van der Waals surface area contributed by atoms with Gasteiger partial charge in [0, 0.05) is 86.1 Å². The fourth-order valence-electron chi connectivity index (χ4n) is 8.71. The average Bonchev–Trinajstić information content (AvgIpc) is 3.99. The van der Waals surface area contributed by atoms with Crippen LogP contribution in [0, 0.1) is 0 Å². The summed E-state index contributed by atoms with van der Waals surface area (Å²) in [4.78, 5) is 2.35. The van der Waals surface area contributed by atoms with Crippen molar-refractivity contribution in [3.8, 4) is 0 Å². The van der Waals surface area contributed by atoms with Crippen LogP contribution in [0.3, 0.4) is 0 Å². The van der Waals surface area contributed by atoms with E-state index in [-0.39, 0.29) is 0 Å². The Balaban J connectivity index is 0.886. The summed E-state index contributed by atoms with van der Waals surface area (Å²) in [5.41, 5.74) is 7.12. The summed E-state index contributed by atoms with van der Waals surface area (Å²) in [5, 5.41) is 15.5. The molecule has 0 unspecified atom stereocenters. The number of nitrogens with one attached hydrogen (secondary N) is 1. The fourth-order valence-corrected chi connectivity index (χ4v) is 10.9. The van der Waals surface area contributed by atoms with Crippen LogP contribution in [0.15, 0.2) is 205 Å². The lowest BCUT2D eigenvalue weighted by atomic mass is 10.1. The first kappa shape index (κ1) is 35.5. The van der Waals surface area contributed by atoms with Gasteiger partial charge in [-0.1, -0.05) is 103 Å². The smallest absolute Gasteiger partial charge is 0.137 e. The number of allylic oxidation sites excluding steroid dienone is 1. The number of nitrogens with zero attached hydrogens (tertiary/aromatic N) is 1. The van der Waals surface area contributed by atoms with Crippen LogP contribution < -0.4 is 20.7 Å². The van der Waals surface area contributed by atoms with Gasteiger partial charge in [-0.2, -0.15) is 0 Å². The Labute approximate surface area is 359 Å². The predicted octanol–water partition coefficient (Wildman–Crippen LogP) is 15.2. The maximum absolute atomic E-state index is 6.70. The lowest BCUT2D eigenvalue weighted by Gasteiger charge is -2.26. The fraction of sp³-hybridized carbons (Fsp3) is 0. The normalized spacial score (nSPS) is 12.7. The molecule has 0 amide bonds. The molecule has 0 aliphatic carbocycles. The molecule has 0 fully saturated rings. The number of rotatable bonds is 7. The third-order valence-electron chi connectivity index (χ3n) is 11.7. The van der Waals surface area contributed by atoms with E-state index >= 15 is 0 Å². The molecule has 5 heteroatoms. The molecule has 0 saturated carbocycles. The Hall–Kier alpha value is -7.44. The van der Waals surface area contributed by atoms with Gasteiger partial charge in [0.1, 0.15) is 11.2 Å². The molecule has 12 rings (SSSR count). The molecule has 61 heavy (non-hydrogen) atoms. The first-order valence-electron chi connectivity index (χ1n) is 20.5. The molecule has 3 nitrogen and oxygen atoms in total. The van der Waals surface area contributed by atoms with Crippen molar-refractivity contribution >= 4 is 131 Å². The van der Waals surface area contributed by atoms with Crippen molar-refractivity contribution in [2.45, 2.75) is 0 Å². The number of thiophene rings is 2. The zero-order valence-electron chi connectivity index (χ0n) is 32.9. The Morgan fingerprint density at radius 2 is 1.02 bits per heavy atom. The number of fused-ring (bicyclic) bond motifs is 10. The molecule has 12 aromatic rings. The van der Waals surface area contributed by atoms with Crippen LogP contribution in [0.25, 0.3) is 85.2 Å². The zero-order valence-corrected chi connectivity index (χ0v) is 34.5. The van der Waals surface area contributed by atoms with Crippen molar-refractivity contribution in [1.29, 1.82) is 0 Å². The van der Waals surface area contributed by atoms with Crippen LogP contribution in [0.2, 0.25) is 0 Å². The van der Waals surface area contributed by atoms with Crippen molar-refractivity contribution < 1.29 is 4.42 Å². The number of anilines is 4. The van der Waals surface area contributed by atoms with Gasteiger partial charge in [-0.15, -0.1) is 22.7 Å². The Morgan fingerprint density at radius 1 is 0.426 bits per heavy atom. The molecule has 0 radical (unpaired) electrons. The van der Waals surface area contributed by atoms with Gasteiger partial charge in [0.15, 0.2) is 0 Å². The van der Waals surface area contributed by atoms with Crippen LogP contribution in [0.4, 0.5) is 22.7 Å². The number of furan rings is 1. The van der Waals surface area contributed by atoms with E-state index in [1.54, 1.807) is 0 Å². The highest BCUT2D eigenvalue weighted by Crippen LogP contribution is 2.43. The molecule has 0 saturated heterocycles. The van der Waals surface area contributed by atoms with E-state index in [4.69, 9.17) is 4.42 Å². The summed E-state index contributed by atoms with van der Waals surface area (Å²) in [6.45, 7) is 0. The quantitative estimate of drug-likeness (QED) is 0.174. The monoisotopic (exact) mass is 816 g/mol. The van der Waals surface area contributed by atoms with Crippen LogP contribution >= 0.6 is 22.7 Å². The van der Waals surface area contributed by atoms with Crippen LogP contribution in [-0.2, 0) is 0 Å². The van der Waals surface area contributed by atoms with Crippen LogP contribution in [-0.4, -0.2) is 0 Å². The molecular weight excluding hydrogens is 781 g/mol. The largest absolute Gasteiger partial charge is 0.456 e. The van der Waals surface area contributed by atoms with Gasteiger partial charge in [-0.3, -0.25) is 0 Å². The number of hydrogen-bond acceptors (Lipinski definition) is 5. The maximum Gasteiger partial charge on any atom is 0.137 e. The number of hydrogen-bond donors (Lipinski definition) is 1. The summed E-state index contributed by atoms with van der Waals surface area (Å²) in [7, 11) is 0. The van der Waals surface area contributed by atoms with Crippen molar-refractivity contribution in [3.63, 3.8) is 0 Å². The molecule has 0 aliphatic heterocycles. The van der Waals surface area contributed by atoms with Crippen LogP contribution in [0.5, 0.6) is 0 Å². The molecule has 3 heterocycles. The second kappa shape index (κ2) is 14.7. The molecule has 0 atom stereocenters. The topological polar surface area (TPSA) is 28.4 Å². The summed E-state index contributed by atoms with van der Waals surface area (Å²) >= 11 is 3.68. The number of benzene rings is 9. The maximum atomic E-state index is 6.70. The lowest BCUT2D eigenvalue weighted by molar-refractivity contribution is 0.669. The van der Waals surface area contributed by atoms with E-state index in [2.05, 4.69) is 217 Å². The Kier molecular flexibility index (Phi) is 8.54. The van der Waals surface area contributed by atoms with E-state index in [9.17, 15) is 0 Å². The van der Waals surface area contributed by atoms with Gasteiger partial charge in [-0.25, -0.2) is 0 Å². The first-order valence-corrected chi connectivity index (χ1v) is 22.1. The van der Waals surface area contributed by atoms with Gasteiger partial charge < -0.3 is 14.6 Å². The summed E-state index contributed by atoms with van der Waals surface area (Å²) in [6.07, 6.45) is 8.46. The average molecular weight is 817 g/mol. The minimum absolute atomic E-state index is 0.857. The van der Waals surface area contributed by atoms with E-state index in [0.717, 1.165) is 60.7 Å². The van der Waals surface area contributed by atoms with Crippen molar-refractivity contribution in [1.82, 2.24) is 0 Å². The van der Waals surface area contributed by atoms with Crippen molar-refractivity contribution in [2.24, 2.45) is 0 Å². The summed E-state index contributed by atoms with van der Waals surface area (Å²) < 4.78 is 11.9. The minimum Gasteiger partial charge on any atom is -0.456 e. The van der Waals surface area contributed by atoms with E-state index in [1.807, 2.05) is 28.9 Å². The summed E-state index contributed by atoms with van der Waals surface area (Å²) in [5.74, 6) is 0. The van der Waals surface area contributed by atoms with Gasteiger partial charge >= 0.3 is 0 Å². The van der Waals surface area contributed by atoms with Gasteiger partial charge in [0.25, 0.3) is 0 Å². The molecule has 9 aromatic carbocycles. The predicted molar refractivity (Wildman–Crippen MR) is 265 cm³/mol. The van der Waals surface area contributed by atoms with E-state index in [0.29, 0.717) is 0 Å². The zero-order chi connectivity index (χ0) is 40.3. The highest BCUT2D eigenvalue weighted by molar-refractivity contribution is 7.26. The van der Waals surface area contributed by atoms with Gasteiger partial charge in [-0.05, 0) is 124 Å². The van der Waals surface area contributed by atoms with Gasteiger partial charge in [0.05, 0.1) is 0 Å². The molecule has 0 bridgehead atoms. The highest BCUT2D eigenvalue weighted by atomic mass is 32.1. The second-order valence-corrected chi connectivity index (χ2v) is 17.6. The molecule has 3 aromatic heterocycles. The van der Waals surface area contributed by atoms with Crippen molar-refractivity contribution in [3.05, 3.63) is 216 Å². The SMILES string of the molecule is C(/C=C/Nc1ccc2sc3ccccc3c2c1)=c1\cccc\c1=C\c1ccc2c(c1)oc1cc(N(c3ccc4ccccc4c3)c3ccc4sc5ccccc5c4c3)ccc12. The molecule has 1 N–H and O–H groups in total. The molecular formula is C56H36N2OS2. The third kappa shape index (κ3) is 6.43. The first-order chi connectivity index (χ1) is 30.2. The van der Waals surface area contributed by atoms with Crippen molar-refractivity contribution in [2.75, 3.05) is 10.2 Å². The standard InChI is InChI=1S/C56H36N2OS2/c1-3-12-39(37(10-1)14-9-29-57-41-21-27-55-49(33-41)47-15-5-7-17-53(47)60-55)30-36-19-25-45-46-26-23-44(35-52(46)59-51(45)31-36)58(42-22-20-38-11-2-4-13-40(38)32-42)43-24-28-56-50(34-43)48-16-6-8-18-54(48)61-56/h1-35,57H/b29-9+,37-14-,39-30-. The molecule has 0 aliphatic rings. The molecule has 0 spiro atoms. The minimum atomic E-state index is 0.857. The highest BCUT2D eigenvalue weighted by Gasteiger charge is 2.18. The van der Waals surface area contributed by atoms with Crippen LogP contribution in [0.1, 0.15) is 5.56 Å². The third-order valence-corrected chi connectivity index (χ3v) is 14.0. The Bertz CT molecular complexity index is 3830. The van der Waals surface area contributed by atoms with E-state index < -0.39 is 0 Å². The lowest BCUT2D eigenvalue weighted by Crippen LogP contribution is -2.23. The van der Waals surface area contributed by atoms with E-state index in [1.165, 1.54) is 51.1 Å². The Morgan fingerprint density at radius 3 is 1.84 bits per heavy atom. The summed E-state index contributed by atoms with van der Waals surface area (Å²) in [6, 6.07) is 67.6. The molecule has 288 valence electrons. The second-order valence-electron chi connectivity index (χ2n) is 15.4.